The Morgan fingerprint density at radius 3 is 1.42 bits per heavy atom. The molecule has 0 atom stereocenters. The number of urea groups is 1. The molecule has 5 rings (SSSR count). The predicted octanol–water partition coefficient (Wildman–Crippen LogP) is -0.885. The molecule has 0 bridgehead atoms. The van der Waals surface area contributed by atoms with E-state index in [2.05, 4.69) is 34.9 Å². The van der Waals surface area contributed by atoms with Gasteiger partial charge in [-0.25, -0.2) is 4.79 Å². The number of carbonyl (C=O) groups excluding carboxylic acids is 6. The van der Waals surface area contributed by atoms with Gasteiger partial charge in [-0.15, -0.1) is 0 Å². The summed E-state index contributed by atoms with van der Waals surface area (Å²) in [5.74, 6) is -0.916. The van der Waals surface area contributed by atoms with E-state index in [0.29, 0.717) is 72.0 Å². The predicted molar refractivity (Wildman–Crippen MR) is 198 cm³/mol. The van der Waals surface area contributed by atoms with Crippen LogP contribution in [0.5, 0.6) is 0 Å². The molecule has 0 unspecified atom stereocenters. The number of nitrogens with zero attached hydrogens (tertiary/aromatic N) is 6. The molecule has 7 amide bonds. The van der Waals surface area contributed by atoms with E-state index in [9.17, 15) is 28.8 Å². The van der Waals surface area contributed by atoms with E-state index in [4.69, 9.17) is 11.5 Å². The Kier molecular flexibility index (Phi) is 16.0. The van der Waals surface area contributed by atoms with E-state index >= 15 is 0 Å². The van der Waals surface area contributed by atoms with E-state index < -0.39 is 0 Å². The summed E-state index contributed by atoms with van der Waals surface area (Å²) in [4.78, 5) is 84.2. The zero-order chi connectivity index (χ0) is 38.2. The van der Waals surface area contributed by atoms with Gasteiger partial charge in [0, 0.05) is 104 Å². The van der Waals surface area contributed by atoms with E-state index in [1.54, 1.807) is 19.6 Å². The van der Waals surface area contributed by atoms with Gasteiger partial charge in [0.1, 0.15) is 0 Å². The van der Waals surface area contributed by atoms with Gasteiger partial charge in [0.25, 0.3) is 0 Å². The standard InChI is InChI=1S/C28H40N8O6.C9H14N2/c29-17-22-1-3-23(4-2-22)18-30-28(42)34-15-13-33(14-16-34)27(41)20-36-8-6-24(38)35(7-5-25(36)39)19-26(40)32-11-9-31(21-37)10-12-32;1-11-7-9-4-2-8(6-10)3-5-9/h1-4,21H,5-20,29H2,(H,30,42);2-5,11H,6-7,10H2,1H3. The Morgan fingerprint density at radius 1 is 0.604 bits per heavy atom. The molecule has 16 nitrogen and oxygen atoms in total. The van der Waals surface area contributed by atoms with Gasteiger partial charge >= 0.3 is 6.03 Å². The first kappa shape index (κ1) is 40.7. The highest BCUT2D eigenvalue weighted by atomic mass is 16.2. The molecule has 53 heavy (non-hydrogen) atoms. The average Bonchev–Trinajstić information content (AvgIpc) is 3.20. The molecular weight excluding hydrogens is 680 g/mol. The Labute approximate surface area is 311 Å². The molecular formula is C37H54N10O6. The maximum absolute atomic E-state index is 13.0. The van der Waals surface area contributed by atoms with Crippen molar-refractivity contribution < 1.29 is 28.8 Å². The van der Waals surface area contributed by atoms with Gasteiger partial charge in [-0.05, 0) is 29.3 Å². The largest absolute Gasteiger partial charge is 0.342 e. The van der Waals surface area contributed by atoms with Gasteiger partial charge < -0.3 is 51.5 Å². The van der Waals surface area contributed by atoms with Crippen molar-refractivity contribution in [1.29, 1.82) is 0 Å². The fraction of sp³-hybridized carbons (Fsp3) is 0.514. The Balaban J connectivity index is 0.000000488. The molecule has 0 aromatic heterocycles. The van der Waals surface area contributed by atoms with Gasteiger partial charge in [-0.2, -0.15) is 0 Å². The van der Waals surface area contributed by atoms with Crippen molar-refractivity contribution in [3.8, 4) is 0 Å². The molecule has 0 spiro atoms. The summed E-state index contributed by atoms with van der Waals surface area (Å²) in [5.41, 5.74) is 15.5. The Morgan fingerprint density at radius 2 is 1.00 bits per heavy atom. The molecule has 2 aromatic carbocycles. The van der Waals surface area contributed by atoms with Crippen molar-refractivity contribution in [2.75, 3.05) is 85.6 Å². The van der Waals surface area contributed by atoms with Crippen molar-refractivity contribution in [1.82, 2.24) is 40.0 Å². The first-order valence-corrected chi connectivity index (χ1v) is 18.2. The third-order valence-electron chi connectivity index (χ3n) is 9.63. The number of nitrogens with two attached hydrogens (primary N) is 2. The molecule has 0 saturated carbocycles. The number of benzene rings is 2. The van der Waals surface area contributed by atoms with E-state index in [1.165, 1.54) is 20.9 Å². The summed E-state index contributed by atoms with van der Waals surface area (Å²) in [5, 5.41) is 5.99. The first-order chi connectivity index (χ1) is 25.6. The number of piperazine rings is 2. The summed E-state index contributed by atoms with van der Waals surface area (Å²) in [6.45, 7) is 5.58. The molecule has 3 aliphatic heterocycles. The molecule has 3 saturated heterocycles. The summed E-state index contributed by atoms with van der Waals surface area (Å²) in [6, 6.07) is 15.8. The van der Waals surface area contributed by atoms with Crippen LogP contribution in [-0.2, 0) is 50.2 Å². The second-order valence-electron chi connectivity index (χ2n) is 13.3. The van der Waals surface area contributed by atoms with Crippen LogP contribution < -0.4 is 22.1 Å². The van der Waals surface area contributed by atoms with Crippen LogP contribution in [0.15, 0.2) is 48.5 Å². The lowest BCUT2D eigenvalue weighted by atomic mass is 10.1. The summed E-state index contributed by atoms with van der Waals surface area (Å²) < 4.78 is 0. The minimum absolute atomic E-state index is 0.0219. The fourth-order valence-electron chi connectivity index (χ4n) is 6.20. The zero-order valence-electron chi connectivity index (χ0n) is 30.7. The molecule has 16 heteroatoms. The molecule has 0 radical (unpaired) electrons. The average molecular weight is 735 g/mol. The van der Waals surface area contributed by atoms with Crippen LogP contribution >= 0.6 is 0 Å². The number of carbonyl (C=O) groups is 6. The summed E-state index contributed by atoms with van der Waals surface area (Å²) in [6.07, 6.45) is 0.805. The van der Waals surface area contributed by atoms with Crippen LogP contribution in [0.2, 0.25) is 0 Å². The highest BCUT2D eigenvalue weighted by molar-refractivity contribution is 5.89. The van der Waals surface area contributed by atoms with Gasteiger partial charge in [0.2, 0.25) is 30.0 Å². The van der Waals surface area contributed by atoms with Crippen molar-refractivity contribution >= 4 is 36.1 Å². The third-order valence-corrected chi connectivity index (χ3v) is 9.63. The van der Waals surface area contributed by atoms with Crippen LogP contribution in [0.1, 0.15) is 35.1 Å². The second-order valence-corrected chi connectivity index (χ2v) is 13.3. The lowest BCUT2D eigenvalue weighted by Crippen LogP contribution is -2.55. The van der Waals surface area contributed by atoms with Crippen LogP contribution in [0, 0.1) is 0 Å². The SMILES string of the molecule is CNCc1ccc(CN)cc1.NCc1ccc(CNC(=O)N2CCN(C(=O)CN3CCC(=O)N(CC(=O)N4CCN(C=O)CC4)CCC3=O)CC2)cc1. The smallest absolute Gasteiger partial charge is 0.317 e. The van der Waals surface area contributed by atoms with Crippen LogP contribution in [0.25, 0.3) is 0 Å². The molecule has 2 aromatic rings. The lowest BCUT2D eigenvalue weighted by molar-refractivity contribution is -0.147. The van der Waals surface area contributed by atoms with E-state index in [-0.39, 0.29) is 68.7 Å². The van der Waals surface area contributed by atoms with Crippen LogP contribution in [0.3, 0.4) is 0 Å². The Hall–Kier alpha value is -5.06. The quantitative estimate of drug-likeness (QED) is 0.212. The highest BCUT2D eigenvalue weighted by Crippen LogP contribution is 2.11. The molecule has 3 aliphatic rings. The maximum Gasteiger partial charge on any atom is 0.317 e. The highest BCUT2D eigenvalue weighted by Gasteiger charge is 2.30. The van der Waals surface area contributed by atoms with Crippen molar-refractivity contribution in [2.24, 2.45) is 11.5 Å². The Bertz CT molecular complexity index is 1520. The molecule has 3 heterocycles. The summed E-state index contributed by atoms with van der Waals surface area (Å²) in [7, 11) is 1.94. The van der Waals surface area contributed by atoms with Gasteiger partial charge in [0.15, 0.2) is 0 Å². The first-order valence-electron chi connectivity index (χ1n) is 18.2. The van der Waals surface area contributed by atoms with Crippen LogP contribution in [-0.4, -0.2) is 151 Å². The van der Waals surface area contributed by atoms with Gasteiger partial charge in [-0.1, -0.05) is 48.5 Å². The topological polar surface area (TPSA) is 198 Å². The maximum atomic E-state index is 13.0. The molecule has 0 aliphatic carbocycles. The van der Waals surface area contributed by atoms with Crippen molar-refractivity contribution in [3.63, 3.8) is 0 Å². The number of amides is 7. The van der Waals surface area contributed by atoms with E-state index in [1.807, 2.05) is 31.3 Å². The van der Waals surface area contributed by atoms with E-state index in [0.717, 1.165) is 24.1 Å². The normalized spacial score (nSPS) is 16.7. The second kappa shape index (κ2) is 20.8. The minimum Gasteiger partial charge on any atom is -0.342 e. The minimum atomic E-state index is -0.245. The van der Waals surface area contributed by atoms with Gasteiger partial charge in [0.05, 0.1) is 13.1 Å². The molecule has 6 N–H and O–H groups in total. The number of nitrogens with one attached hydrogen (secondary N) is 2. The molecule has 3 fully saturated rings. The number of rotatable bonds is 11. The number of hydrogen-bond acceptors (Lipinski definition) is 9. The molecule has 288 valence electrons. The van der Waals surface area contributed by atoms with Gasteiger partial charge in [-0.3, -0.25) is 24.0 Å². The lowest BCUT2D eigenvalue weighted by Gasteiger charge is -2.36. The number of hydrogen-bond donors (Lipinski definition) is 4. The van der Waals surface area contributed by atoms with Crippen LogP contribution in [0.4, 0.5) is 4.79 Å². The summed E-state index contributed by atoms with van der Waals surface area (Å²) >= 11 is 0. The fourth-order valence-corrected chi connectivity index (χ4v) is 6.20. The van der Waals surface area contributed by atoms with Crippen molar-refractivity contribution in [2.45, 2.75) is 39.0 Å². The van der Waals surface area contributed by atoms with Crippen molar-refractivity contribution in [3.05, 3.63) is 70.8 Å². The third kappa shape index (κ3) is 12.5. The monoisotopic (exact) mass is 734 g/mol. The zero-order valence-corrected chi connectivity index (χ0v) is 30.7.